The monoisotopic (exact) mass is 421 g/mol. The quantitative estimate of drug-likeness (QED) is 0.630. The summed E-state index contributed by atoms with van der Waals surface area (Å²) in [5.41, 5.74) is 2.32. The molecule has 2 aliphatic rings. The molecule has 2 aliphatic heterocycles. The van der Waals surface area contributed by atoms with E-state index in [1.165, 1.54) is 44.3 Å². The SMILES string of the molecule is NSCCN1CCC2(CCN(c3nc(-c4ccncc4)nc4cnccc34)CC2)C1. The Balaban J connectivity index is 1.39. The number of fused-ring (bicyclic) bond motifs is 1. The van der Waals surface area contributed by atoms with Gasteiger partial charge >= 0.3 is 0 Å². The third-order valence-corrected chi connectivity index (χ3v) is 7.00. The van der Waals surface area contributed by atoms with Crippen LogP contribution in [0.4, 0.5) is 5.82 Å². The van der Waals surface area contributed by atoms with Gasteiger partial charge in [0.05, 0.1) is 11.7 Å². The van der Waals surface area contributed by atoms with Crippen LogP contribution in [-0.2, 0) is 0 Å². The lowest BCUT2D eigenvalue weighted by Crippen LogP contribution is -2.42. The van der Waals surface area contributed by atoms with Crippen LogP contribution in [0.25, 0.3) is 22.3 Å². The molecule has 0 radical (unpaired) electrons. The standard InChI is InChI=1S/C22H27N7S/c23-30-14-13-28-10-4-22(16-28)5-11-29(12-6-22)21-18-3-9-25-15-19(18)26-20(27-21)17-1-7-24-8-2-17/h1-3,7-9,15H,4-6,10-14,16,23H2. The number of rotatable bonds is 5. The molecular formula is C22H27N7S. The van der Waals surface area contributed by atoms with E-state index in [9.17, 15) is 0 Å². The molecule has 0 aliphatic carbocycles. The lowest BCUT2D eigenvalue weighted by atomic mass is 9.78. The first-order valence-corrected chi connectivity index (χ1v) is 11.6. The highest BCUT2D eigenvalue weighted by Gasteiger charge is 2.40. The van der Waals surface area contributed by atoms with Gasteiger partial charge in [0.25, 0.3) is 0 Å². The Morgan fingerprint density at radius 2 is 1.73 bits per heavy atom. The highest BCUT2D eigenvalue weighted by molar-refractivity contribution is 7.97. The Bertz CT molecular complexity index is 1000. The van der Waals surface area contributed by atoms with Gasteiger partial charge in [-0.25, -0.2) is 9.97 Å². The number of anilines is 1. The number of hydrogen-bond acceptors (Lipinski definition) is 8. The Morgan fingerprint density at radius 3 is 2.53 bits per heavy atom. The van der Waals surface area contributed by atoms with Crippen molar-refractivity contribution in [1.29, 1.82) is 0 Å². The highest BCUT2D eigenvalue weighted by Crippen LogP contribution is 2.42. The molecule has 2 fully saturated rings. The second-order valence-electron chi connectivity index (χ2n) is 8.38. The van der Waals surface area contributed by atoms with E-state index in [4.69, 9.17) is 15.1 Å². The van der Waals surface area contributed by atoms with Crippen molar-refractivity contribution in [1.82, 2.24) is 24.8 Å². The van der Waals surface area contributed by atoms with E-state index in [-0.39, 0.29) is 0 Å². The maximum absolute atomic E-state index is 5.62. The molecule has 5 heterocycles. The molecule has 3 aromatic rings. The maximum Gasteiger partial charge on any atom is 0.162 e. The molecule has 0 amide bonds. The molecule has 0 atom stereocenters. The summed E-state index contributed by atoms with van der Waals surface area (Å²) in [6.07, 6.45) is 10.9. The number of nitrogens with two attached hydrogens (primary N) is 1. The second-order valence-corrected chi connectivity index (χ2v) is 9.13. The molecule has 0 aromatic carbocycles. The second kappa shape index (κ2) is 8.45. The minimum Gasteiger partial charge on any atom is -0.356 e. The van der Waals surface area contributed by atoms with Gasteiger partial charge in [0.1, 0.15) is 5.82 Å². The molecule has 7 nitrogen and oxygen atoms in total. The Kier molecular flexibility index (Phi) is 5.54. The fourth-order valence-electron chi connectivity index (χ4n) is 4.84. The predicted octanol–water partition coefficient (Wildman–Crippen LogP) is 2.99. The normalized spacial score (nSPS) is 19.0. The van der Waals surface area contributed by atoms with Crippen molar-refractivity contribution in [2.45, 2.75) is 19.3 Å². The van der Waals surface area contributed by atoms with Gasteiger partial charge in [-0.2, -0.15) is 0 Å². The van der Waals surface area contributed by atoms with Crippen LogP contribution in [-0.4, -0.2) is 63.3 Å². The molecule has 2 N–H and O–H groups in total. The van der Waals surface area contributed by atoms with Crippen LogP contribution in [0.5, 0.6) is 0 Å². The highest BCUT2D eigenvalue weighted by atomic mass is 32.2. The Labute approximate surface area is 181 Å². The van der Waals surface area contributed by atoms with Crippen molar-refractivity contribution in [2.75, 3.05) is 43.4 Å². The molecule has 3 aromatic heterocycles. The van der Waals surface area contributed by atoms with Crippen LogP contribution in [0, 0.1) is 5.41 Å². The predicted molar refractivity (Wildman–Crippen MR) is 122 cm³/mol. The Morgan fingerprint density at radius 1 is 0.967 bits per heavy atom. The first kappa shape index (κ1) is 19.7. The minimum absolute atomic E-state index is 0.452. The molecular weight excluding hydrogens is 394 g/mol. The summed E-state index contributed by atoms with van der Waals surface area (Å²) in [5.74, 6) is 2.78. The molecule has 30 heavy (non-hydrogen) atoms. The van der Waals surface area contributed by atoms with Crippen LogP contribution in [0.1, 0.15) is 19.3 Å². The van der Waals surface area contributed by atoms with E-state index in [1.807, 2.05) is 30.6 Å². The number of aromatic nitrogens is 4. The van der Waals surface area contributed by atoms with Crippen molar-refractivity contribution in [2.24, 2.45) is 10.6 Å². The zero-order valence-corrected chi connectivity index (χ0v) is 17.9. The minimum atomic E-state index is 0.452. The van der Waals surface area contributed by atoms with E-state index in [0.29, 0.717) is 5.41 Å². The number of pyridine rings is 2. The van der Waals surface area contributed by atoms with Gasteiger partial charge in [-0.3, -0.25) is 15.1 Å². The zero-order valence-electron chi connectivity index (χ0n) is 17.1. The molecule has 156 valence electrons. The third-order valence-electron chi connectivity index (χ3n) is 6.58. The maximum atomic E-state index is 5.62. The molecule has 0 bridgehead atoms. The zero-order chi connectivity index (χ0) is 20.4. The van der Waals surface area contributed by atoms with Gasteiger partial charge in [0.2, 0.25) is 0 Å². The van der Waals surface area contributed by atoms with Crippen LogP contribution in [0.2, 0.25) is 0 Å². The van der Waals surface area contributed by atoms with Crippen molar-refractivity contribution in [3.63, 3.8) is 0 Å². The van der Waals surface area contributed by atoms with Gasteiger partial charge < -0.3 is 9.80 Å². The van der Waals surface area contributed by atoms with Crippen LogP contribution in [0.15, 0.2) is 43.0 Å². The number of nitrogens with zero attached hydrogens (tertiary/aromatic N) is 6. The van der Waals surface area contributed by atoms with E-state index in [1.54, 1.807) is 12.4 Å². The molecule has 0 saturated carbocycles. The summed E-state index contributed by atoms with van der Waals surface area (Å²) in [7, 11) is 0. The van der Waals surface area contributed by atoms with Crippen molar-refractivity contribution in [3.8, 4) is 11.4 Å². The summed E-state index contributed by atoms with van der Waals surface area (Å²) in [4.78, 5) is 23.2. The molecule has 8 heteroatoms. The molecule has 1 spiro atoms. The summed E-state index contributed by atoms with van der Waals surface area (Å²) in [6, 6.07) is 5.95. The molecule has 5 rings (SSSR count). The van der Waals surface area contributed by atoms with Crippen molar-refractivity contribution < 1.29 is 0 Å². The van der Waals surface area contributed by atoms with E-state index in [0.717, 1.165) is 53.5 Å². The largest absolute Gasteiger partial charge is 0.356 e. The average Bonchev–Trinajstić information content (AvgIpc) is 3.20. The van der Waals surface area contributed by atoms with E-state index >= 15 is 0 Å². The van der Waals surface area contributed by atoms with Crippen LogP contribution in [0.3, 0.4) is 0 Å². The van der Waals surface area contributed by atoms with E-state index < -0.39 is 0 Å². The topological polar surface area (TPSA) is 84.1 Å². The first-order chi connectivity index (χ1) is 14.8. The summed E-state index contributed by atoms with van der Waals surface area (Å²) in [5, 5.41) is 6.70. The van der Waals surface area contributed by atoms with Gasteiger partial charge in [-0.1, -0.05) is 11.9 Å². The fourth-order valence-corrected chi connectivity index (χ4v) is 5.20. The Hall–Kier alpha value is -2.29. The number of piperidine rings is 1. The first-order valence-electron chi connectivity index (χ1n) is 10.6. The number of likely N-dealkylation sites (tertiary alicyclic amines) is 1. The molecule has 2 saturated heterocycles. The van der Waals surface area contributed by atoms with Gasteiger partial charge in [0, 0.05) is 61.5 Å². The third kappa shape index (κ3) is 3.87. The van der Waals surface area contributed by atoms with Crippen molar-refractivity contribution in [3.05, 3.63) is 43.0 Å². The number of hydrogen-bond donors (Lipinski definition) is 1. The van der Waals surface area contributed by atoms with Gasteiger partial charge in [0.15, 0.2) is 5.82 Å². The van der Waals surface area contributed by atoms with Gasteiger partial charge in [-0.15, -0.1) is 0 Å². The molecule has 0 unspecified atom stereocenters. The summed E-state index contributed by atoms with van der Waals surface area (Å²) >= 11 is 1.45. The van der Waals surface area contributed by atoms with Crippen LogP contribution >= 0.6 is 11.9 Å². The van der Waals surface area contributed by atoms with Gasteiger partial charge in [-0.05, 0) is 49.4 Å². The lowest BCUT2D eigenvalue weighted by molar-refractivity contribution is 0.213. The van der Waals surface area contributed by atoms with Crippen LogP contribution < -0.4 is 10.0 Å². The summed E-state index contributed by atoms with van der Waals surface area (Å²) in [6.45, 7) is 5.58. The lowest BCUT2D eigenvalue weighted by Gasteiger charge is -2.40. The fraction of sp³-hybridized carbons (Fsp3) is 0.455. The van der Waals surface area contributed by atoms with E-state index in [2.05, 4.69) is 19.8 Å². The average molecular weight is 422 g/mol. The summed E-state index contributed by atoms with van der Waals surface area (Å²) < 4.78 is 0. The van der Waals surface area contributed by atoms with Crippen molar-refractivity contribution >= 4 is 28.7 Å². The smallest absolute Gasteiger partial charge is 0.162 e.